The Hall–Kier alpha value is -1.44. The van der Waals surface area contributed by atoms with Crippen LogP contribution in [0.4, 0.5) is 11.6 Å². The van der Waals surface area contributed by atoms with Crippen molar-refractivity contribution in [2.24, 2.45) is 5.84 Å². The van der Waals surface area contributed by atoms with E-state index in [2.05, 4.69) is 15.3 Å². The molecule has 1 aliphatic carbocycles. The molecule has 1 aromatic rings. The molecular weight excluding hydrogens is 258 g/mol. The third-order valence-corrected chi connectivity index (χ3v) is 3.93. The standard InChI is InChI=1S/C13H21N5O2/c1-8-11(17-14)15-12(9-2-3-9)16-13(8)18-4-5-20-7-10(18)6-19/h9-10,19H,2-7,14H2,1H3,(H,15,16,17). The molecule has 1 aromatic heterocycles. The number of hydrazine groups is 1. The summed E-state index contributed by atoms with van der Waals surface area (Å²) in [6, 6.07) is -0.0602. The van der Waals surface area contributed by atoms with E-state index in [1.165, 1.54) is 0 Å². The van der Waals surface area contributed by atoms with E-state index in [0.717, 1.165) is 36.6 Å². The van der Waals surface area contributed by atoms with Crippen molar-refractivity contribution in [2.45, 2.75) is 31.7 Å². The first-order valence-electron chi connectivity index (χ1n) is 7.05. The van der Waals surface area contributed by atoms with Gasteiger partial charge in [-0.15, -0.1) is 0 Å². The molecule has 0 spiro atoms. The summed E-state index contributed by atoms with van der Waals surface area (Å²) in [7, 11) is 0. The van der Waals surface area contributed by atoms with Gasteiger partial charge in [-0.3, -0.25) is 0 Å². The molecule has 4 N–H and O–H groups in total. The first kappa shape index (κ1) is 13.5. The molecule has 7 nitrogen and oxygen atoms in total. The summed E-state index contributed by atoms with van der Waals surface area (Å²) in [5, 5.41) is 9.53. The number of hydrogen-bond acceptors (Lipinski definition) is 7. The van der Waals surface area contributed by atoms with Crippen LogP contribution in [-0.2, 0) is 4.74 Å². The van der Waals surface area contributed by atoms with E-state index in [9.17, 15) is 5.11 Å². The highest BCUT2D eigenvalue weighted by Gasteiger charge is 2.31. The molecule has 1 unspecified atom stereocenters. The topological polar surface area (TPSA) is 96.5 Å². The number of rotatable bonds is 4. The molecule has 7 heteroatoms. The second-order valence-electron chi connectivity index (χ2n) is 5.40. The second kappa shape index (κ2) is 5.51. The number of aromatic nitrogens is 2. The molecular formula is C13H21N5O2. The van der Waals surface area contributed by atoms with Crippen LogP contribution in [0.15, 0.2) is 0 Å². The van der Waals surface area contributed by atoms with Gasteiger partial charge in [-0.2, -0.15) is 0 Å². The summed E-state index contributed by atoms with van der Waals surface area (Å²) in [5.74, 6) is 8.40. The monoisotopic (exact) mass is 279 g/mol. The number of hydrogen-bond donors (Lipinski definition) is 3. The lowest BCUT2D eigenvalue weighted by molar-refractivity contribution is 0.0722. The van der Waals surface area contributed by atoms with Crippen molar-refractivity contribution in [3.8, 4) is 0 Å². The molecule has 2 aliphatic rings. The van der Waals surface area contributed by atoms with Gasteiger partial charge in [-0.1, -0.05) is 0 Å². The van der Waals surface area contributed by atoms with Crippen molar-refractivity contribution in [3.05, 3.63) is 11.4 Å². The predicted molar refractivity (Wildman–Crippen MR) is 75.6 cm³/mol. The van der Waals surface area contributed by atoms with E-state index in [4.69, 9.17) is 15.6 Å². The highest BCUT2D eigenvalue weighted by molar-refractivity contribution is 5.59. The number of nitrogens with one attached hydrogen (secondary N) is 1. The highest BCUT2D eigenvalue weighted by Crippen LogP contribution is 2.40. The Morgan fingerprint density at radius 2 is 2.25 bits per heavy atom. The zero-order chi connectivity index (χ0) is 14.1. The molecule has 0 radical (unpaired) electrons. The second-order valence-corrected chi connectivity index (χ2v) is 5.40. The van der Waals surface area contributed by atoms with Gasteiger partial charge in [0.25, 0.3) is 0 Å². The molecule has 1 saturated carbocycles. The van der Waals surface area contributed by atoms with Gasteiger partial charge in [0.15, 0.2) is 0 Å². The number of nitrogens with two attached hydrogens (primary N) is 1. The zero-order valence-electron chi connectivity index (χ0n) is 11.7. The molecule has 1 aliphatic heterocycles. The third-order valence-electron chi connectivity index (χ3n) is 3.93. The van der Waals surface area contributed by atoms with Crippen LogP contribution in [0, 0.1) is 6.92 Å². The van der Waals surface area contributed by atoms with Crippen molar-refractivity contribution < 1.29 is 9.84 Å². The van der Waals surface area contributed by atoms with Crippen LogP contribution in [0.25, 0.3) is 0 Å². The van der Waals surface area contributed by atoms with Crippen LogP contribution in [0.2, 0.25) is 0 Å². The predicted octanol–water partition coefficient (Wildman–Crippen LogP) is 0.146. The Balaban J connectivity index is 1.99. The van der Waals surface area contributed by atoms with E-state index in [1.54, 1.807) is 0 Å². The van der Waals surface area contributed by atoms with Crippen LogP contribution in [0.3, 0.4) is 0 Å². The van der Waals surface area contributed by atoms with Gasteiger partial charge in [0.2, 0.25) is 0 Å². The van der Waals surface area contributed by atoms with Crippen LogP contribution < -0.4 is 16.2 Å². The molecule has 110 valence electrons. The minimum Gasteiger partial charge on any atom is -0.394 e. The Morgan fingerprint density at radius 1 is 1.45 bits per heavy atom. The van der Waals surface area contributed by atoms with Crippen LogP contribution >= 0.6 is 0 Å². The Kier molecular flexibility index (Phi) is 3.73. The van der Waals surface area contributed by atoms with Gasteiger partial charge in [-0.25, -0.2) is 15.8 Å². The first-order chi connectivity index (χ1) is 9.74. The van der Waals surface area contributed by atoms with E-state index < -0.39 is 0 Å². The highest BCUT2D eigenvalue weighted by atomic mass is 16.5. The number of anilines is 2. The van der Waals surface area contributed by atoms with Crippen molar-refractivity contribution in [3.63, 3.8) is 0 Å². The van der Waals surface area contributed by atoms with Crippen molar-refractivity contribution in [1.82, 2.24) is 9.97 Å². The molecule has 1 saturated heterocycles. The average molecular weight is 279 g/mol. The van der Waals surface area contributed by atoms with Gasteiger partial charge in [-0.05, 0) is 19.8 Å². The number of nitrogens with zero attached hydrogens (tertiary/aromatic N) is 3. The largest absolute Gasteiger partial charge is 0.394 e. The molecule has 1 atom stereocenters. The maximum absolute atomic E-state index is 9.53. The lowest BCUT2D eigenvalue weighted by atomic mass is 10.2. The van der Waals surface area contributed by atoms with Crippen molar-refractivity contribution in [1.29, 1.82) is 0 Å². The quantitative estimate of drug-likeness (QED) is 0.533. The molecule has 0 amide bonds. The summed E-state index contributed by atoms with van der Waals surface area (Å²) in [6.45, 7) is 3.88. The summed E-state index contributed by atoms with van der Waals surface area (Å²) in [5.41, 5.74) is 3.57. The lowest BCUT2D eigenvalue weighted by Crippen LogP contribution is -2.48. The van der Waals surface area contributed by atoms with Gasteiger partial charge >= 0.3 is 0 Å². The normalized spacial score (nSPS) is 22.9. The van der Waals surface area contributed by atoms with Crippen LogP contribution in [0.5, 0.6) is 0 Å². The molecule has 0 bridgehead atoms. The summed E-state index contributed by atoms with van der Waals surface area (Å²) in [6.07, 6.45) is 2.28. The number of aliphatic hydroxyl groups excluding tert-OH is 1. The Bertz CT molecular complexity index is 492. The maximum Gasteiger partial charge on any atom is 0.148 e. The number of aliphatic hydroxyl groups is 1. The van der Waals surface area contributed by atoms with E-state index in [1.807, 2.05) is 6.92 Å². The van der Waals surface area contributed by atoms with Gasteiger partial charge in [0, 0.05) is 18.0 Å². The third kappa shape index (κ3) is 2.44. The van der Waals surface area contributed by atoms with E-state index >= 15 is 0 Å². The molecule has 0 aromatic carbocycles. The van der Waals surface area contributed by atoms with Crippen molar-refractivity contribution in [2.75, 3.05) is 36.7 Å². The van der Waals surface area contributed by atoms with Crippen LogP contribution in [-0.4, -0.2) is 47.5 Å². The fourth-order valence-electron chi connectivity index (χ4n) is 2.55. The summed E-state index contributed by atoms with van der Waals surface area (Å²) < 4.78 is 5.43. The van der Waals surface area contributed by atoms with Gasteiger partial charge < -0.3 is 20.2 Å². The molecule has 20 heavy (non-hydrogen) atoms. The number of nitrogen functional groups attached to an aromatic ring is 1. The van der Waals surface area contributed by atoms with Crippen LogP contribution in [0.1, 0.15) is 30.1 Å². The Morgan fingerprint density at radius 3 is 2.90 bits per heavy atom. The zero-order valence-corrected chi connectivity index (χ0v) is 11.7. The SMILES string of the molecule is Cc1c(NN)nc(C2CC2)nc1N1CCOCC1CO. The number of morpholine rings is 1. The van der Waals surface area contributed by atoms with E-state index in [-0.39, 0.29) is 12.6 Å². The van der Waals surface area contributed by atoms with Gasteiger partial charge in [0.05, 0.1) is 25.9 Å². The van der Waals surface area contributed by atoms with E-state index in [0.29, 0.717) is 24.9 Å². The smallest absolute Gasteiger partial charge is 0.148 e. The lowest BCUT2D eigenvalue weighted by Gasteiger charge is -2.36. The fourth-order valence-corrected chi connectivity index (χ4v) is 2.55. The Labute approximate surface area is 118 Å². The van der Waals surface area contributed by atoms with Crippen molar-refractivity contribution >= 4 is 11.6 Å². The maximum atomic E-state index is 9.53. The minimum atomic E-state index is -0.0602. The molecule has 2 fully saturated rings. The van der Waals surface area contributed by atoms with Gasteiger partial charge in [0.1, 0.15) is 17.5 Å². The summed E-state index contributed by atoms with van der Waals surface area (Å²) in [4.78, 5) is 11.3. The minimum absolute atomic E-state index is 0.0492. The first-order valence-corrected chi connectivity index (χ1v) is 7.05. The number of ether oxygens (including phenoxy) is 1. The summed E-state index contributed by atoms with van der Waals surface area (Å²) >= 11 is 0. The molecule has 3 rings (SSSR count). The molecule has 2 heterocycles. The fraction of sp³-hybridized carbons (Fsp3) is 0.692. The average Bonchev–Trinajstić information content (AvgIpc) is 3.32.